The van der Waals surface area contributed by atoms with Gasteiger partial charge in [-0.25, -0.2) is 8.42 Å². The average molecular weight is 590 g/mol. The number of nitrogens with zero attached hydrogens (tertiary/aromatic N) is 2. The van der Waals surface area contributed by atoms with E-state index in [1.807, 2.05) is 67.6 Å². The maximum absolute atomic E-state index is 14.0. The first-order chi connectivity index (χ1) is 20.2. The van der Waals surface area contributed by atoms with E-state index in [1.165, 1.54) is 17.0 Å². The third-order valence-electron chi connectivity index (χ3n) is 7.89. The van der Waals surface area contributed by atoms with E-state index in [9.17, 15) is 18.0 Å². The summed E-state index contributed by atoms with van der Waals surface area (Å²) in [5.41, 5.74) is 3.61. The predicted octanol–water partition coefficient (Wildman–Crippen LogP) is 5.63. The number of carbonyl (C=O) groups excluding carboxylic acids is 2. The molecule has 0 unspecified atom stereocenters. The quantitative estimate of drug-likeness (QED) is 0.280. The van der Waals surface area contributed by atoms with Crippen LogP contribution in [0.2, 0.25) is 0 Å². The van der Waals surface area contributed by atoms with Gasteiger partial charge in [0.2, 0.25) is 21.8 Å². The lowest BCUT2D eigenvalue weighted by molar-refractivity contribution is -0.141. The Hall–Kier alpha value is -3.65. The normalized spacial score (nSPS) is 14.6. The maximum Gasteiger partial charge on any atom is 0.243 e. The van der Waals surface area contributed by atoms with Crippen molar-refractivity contribution in [2.45, 2.75) is 76.9 Å². The van der Waals surface area contributed by atoms with E-state index in [-0.39, 0.29) is 30.8 Å². The number of aryl methyl sites for hydroxylation is 1. The molecule has 0 aromatic heterocycles. The summed E-state index contributed by atoms with van der Waals surface area (Å²) in [6.07, 6.45) is 7.31. The highest BCUT2D eigenvalue weighted by Crippen LogP contribution is 2.22. The van der Waals surface area contributed by atoms with Crippen LogP contribution in [0.25, 0.3) is 0 Å². The number of hydrogen-bond donors (Lipinski definition) is 1. The highest BCUT2D eigenvalue weighted by Gasteiger charge is 2.32. The molecule has 4 rings (SSSR count). The summed E-state index contributed by atoms with van der Waals surface area (Å²) in [7, 11) is -3.53. The fraction of sp³-hybridized carbons (Fsp3) is 0.412. The van der Waals surface area contributed by atoms with Crippen molar-refractivity contribution in [3.63, 3.8) is 0 Å². The molecule has 1 aliphatic rings. The summed E-state index contributed by atoms with van der Waals surface area (Å²) in [6, 6.07) is 26.2. The fourth-order valence-electron chi connectivity index (χ4n) is 5.59. The zero-order chi connectivity index (χ0) is 30.0. The molecule has 1 fully saturated rings. The van der Waals surface area contributed by atoms with Crippen LogP contribution in [0.4, 0.5) is 5.69 Å². The standard InChI is InChI=1S/C34H43N3O4S/c1-27-20-22-29(23-21-27)26-36(33(38)19-12-24-37(42(2,40)41)31-17-10-5-11-18-31)32(25-28-13-6-3-7-14-28)34(39)35-30-15-8-4-9-16-30/h3,5-7,10-11,13-14,17-18,20-23,30,32H,4,8-9,12,15-16,19,24-26H2,1-2H3,(H,35,39)/t32-/m0/s1. The van der Waals surface area contributed by atoms with Gasteiger partial charge in [-0.2, -0.15) is 0 Å². The van der Waals surface area contributed by atoms with Gasteiger partial charge in [-0.15, -0.1) is 0 Å². The number of para-hydroxylation sites is 1. The third kappa shape index (κ3) is 9.18. The molecule has 1 saturated carbocycles. The number of nitrogens with one attached hydrogen (secondary N) is 1. The smallest absolute Gasteiger partial charge is 0.243 e. The van der Waals surface area contributed by atoms with Crippen LogP contribution in [0.3, 0.4) is 0 Å². The molecule has 1 atom stereocenters. The zero-order valence-electron chi connectivity index (χ0n) is 24.7. The van der Waals surface area contributed by atoms with Gasteiger partial charge in [0, 0.05) is 32.0 Å². The predicted molar refractivity (Wildman–Crippen MR) is 169 cm³/mol. The van der Waals surface area contributed by atoms with Crippen LogP contribution < -0.4 is 9.62 Å². The van der Waals surface area contributed by atoms with E-state index < -0.39 is 16.1 Å². The van der Waals surface area contributed by atoms with Gasteiger partial charge in [-0.05, 0) is 49.4 Å². The van der Waals surface area contributed by atoms with E-state index in [4.69, 9.17) is 0 Å². The second-order valence-corrected chi connectivity index (χ2v) is 13.2. The Morgan fingerprint density at radius 3 is 2.10 bits per heavy atom. The average Bonchev–Trinajstić information content (AvgIpc) is 2.99. The van der Waals surface area contributed by atoms with Gasteiger partial charge in [0.05, 0.1) is 11.9 Å². The lowest BCUT2D eigenvalue weighted by atomic mass is 9.94. The van der Waals surface area contributed by atoms with Crippen molar-refractivity contribution in [3.05, 3.63) is 102 Å². The molecule has 7 nitrogen and oxygen atoms in total. The van der Waals surface area contributed by atoms with Gasteiger partial charge in [-0.1, -0.05) is 97.6 Å². The molecular formula is C34H43N3O4S. The molecule has 42 heavy (non-hydrogen) atoms. The molecule has 1 aliphatic carbocycles. The van der Waals surface area contributed by atoms with Crippen molar-refractivity contribution in [1.29, 1.82) is 0 Å². The van der Waals surface area contributed by atoms with Gasteiger partial charge >= 0.3 is 0 Å². The van der Waals surface area contributed by atoms with Crippen molar-refractivity contribution in [1.82, 2.24) is 10.2 Å². The monoisotopic (exact) mass is 589 g/mol. The maximum atomic E-state index is 14.0. The number of carbonyl (C=O) groups is 2. The molecule has 3 aromatic rings. The van der Waals surface area contributed by atoms with Crippen LogP contribution in [0.1, 0.15) is 61.6 Å². The van der Waals surface area contributed by atoms with E-state index in [0.29, 0.717) is 25.1 Å². The Labute approximate surface area is 251 Å². The molecule has 0 heterocycles. The van der Waals surface area contributed by atoms with Gasteiger partial charge in [0.15, 0.2) is 0 Å². The van der Waals surface area contributed by atoms with Crippen LogP contribution in [0, 0.1) is 6.92 Å². The Balaban J connectivity index is 1.58. The number of hydrogen-bond acceptors (Lipinski definition) is 4. The second kappa shape index (κ2) is 15.0. The molecule has 0 bridgehead atoms. The van der Waals surface area contributed by atoms with Crippen LogP contribution in [-0.4, -0.2) is 50.0 Å². The first-order valence-corrected chi connectivity index (χ1v) is 16.8. The fourth-order valence-corrected chi connectivity index (χ4v) is 6.55. The van der Waals surface area contributed by atoms with E-state index >= 15 is 0 Å². The summed E-state index contributed by atoms with van der Waals surface area (Å²) in [4.78, 5) is 29.6. The largest absolute Gasteiger partial charge is 0.352 e. The van der Waals surface area contributed by atoms with E-state index in [2.05, 4.69) is 5.32 Å². The van der Waals surface area contributed by atoms with Crippen molar-refractivity contribution >= 4 is 27.5 Å². The van der Waals surface area contributed by atoms with Crippen LogP contribution in [0.5, 0.6) is 0 Å². The summed E-state index contributed by atoms with van der Waals surface area (Å²) in [5.74, 6) is -0.301. The summed E-state index contributed by atoms with van der Waals surface area (Å²) < 4.78 is 26.5. The van der Waals surface area contributed by atoms with Crippen molar-refractivity contribution in [2.75, 3.05) is 17.1 Å². The van der Waals surface area contributed by atoms with Crippen LogP contribution in [-0.2, 0) is 32.6 Å². The Morgan fingerprint density at radius 2 is 1.48 bits per heavy atom. The molecular weight excluding hydrogens is 546 g/mol. The number of amides is 2. The van der Waals surface area contributed by atoms with Gasteiger partial charge in [-0.3, -0.25) is 13.9 Å². The van der Waals surface area contributed by atoms with Crippen molar-refractivity contribution in [2.24, 2.45) is 0 Å². The van der Waals surface area contributed by atoms with Crippen LogP contribution in [0.15, 0.2) is 84.9 Å². The Bertz CT molecular complexity index is 1390. The number of rotatable bonds is 13. The zero-order valence-corrected chi connectivity index (χ0v) is 25.6. The number of benzene rings is 3. The lowest BCUT2D eigenvalue weighted by Gasteiger charge is -2.34. The number of anilines is 1. The van der Waals surface area contributed by atoms with Crippen molar-refractivity contribution in [3.8, 4) is 0 Å². The Kier molecular flexibility index (Phi) is 11.2. The molecule has 0 aliphatic heterocycles. The molecule has 0 radical (unpaired) electrons. The molecule has 8 heteroatoms. The second-order valence-electron chi connectivity index (χ2n) is 11.3. The highest BCUT2D eigenvalue weighted by atomic mass is 32.2. The van der Waals surface area contributed by atoms with E-state index in [0.717, 1.165) is 42.4 Å². The molecule has 3 aromatic carbocycles. The highest BCUT2D eigenvalue weighted by molar-refractivity contribution is 7.92. The minimum atomic E-state index is -3.53. The third-order valence-corrected chi connectivity index (χ3v) is 9.09. The molecule has 0 saturated heterocycles. The summed E-state index contributed by atoms with van der Waals surface area (Å²) in [5, 5.41) is 3.26. The van der Waals surface area contributed by atoms with Gasteiger partial charge in [0.1, 0.15) is 6.04 Å². The Morgan fingerprint density at radius 1 is 0.857 bits per heavy atom. The summed E-state index contributed by atoms with van der Waals surface area (Å²) in [6.45, 7) is 2.48. The molecule has 2 amide bonds. The minimum absolute atomic E-state index is 0.118. The molecule has 0 spiro atoms. The first-order valence-electron chi connectivity index (χ1n) is 14.9. The first kappa shape index (κ1) is 31.3. The number of sulfonamides is 1. The van der Waals surface area contributed by atoms with Crippen molar-refractivity contribution < 1.29 is 18.0 Å². The van der Waals surface area contributed by atoms with E-state index in [1.54, 1.807) is 29.2 Å². The lowest BCUT2D eigenvalue weighted by Crippen LogP contribution is -2.52. The van der Waals surface area contributed by atoms with Gasteiger partial charge < -0.3 is 10.2 Å². The molecule has 1 N–H and O–H groups in total. The molecule has 224 valence electrons. The van der Waals surface area contributed by atoms with Crippen LogP contribution >= 0.6 is 0 Å². The summed E-state index contributed by atoms with van der Waals surface area (Å²) >= 11 is 0. The SMILES string of the molecule is Cc1ccc(CN(C(=O)CCCN(c2ccccc2)S(C)(=O)=O)[C@@H](Cc2ccccc2)C(=O)NC2CCCCC2)cc1. The van der Waals surface area contributed by atoms with Gasteiger partial charge in [0.25, 0.3) is 0 Å². The minimum Gasteiger partial charge on any atom is -0.352 e. The topological polar surface area (TPSA) is 86.8 Å².